The van der Waals surface area contributed by atoms with Crippen molar-refractivity contribution in [2.75, 3.05) is 13.7 Å². The molecule has 43 heavy (non-hydrogen) atoms. The van der Waals surface area contributed by atoms with E-state index in [2.05, 4.69) is 0 Å². The highest BCUT2D eigenvalue weighted by Gasteiger charge is 2.45. The zero-order valence-electron chi connectivity index (χ0n) is 22.2. The van der Waals surface area contributed by atoms with Crippen LogP contribution in [0.15, 0.2) is 57.7 Å². The second kappa shape index (κ2) is 11.3. The highest BCUT2D eigenvalue weighted by atomic mass is 16.6. The van der Waals surface area contributed by atoms with Crippen molar-refractivity contribution < 1.29 is 64.3 Å². The second-order valence-corrected chi connectivity index (χ2v) is 9.78. The Hall–Kier alpha value is -5.02. The van der Waals surface area contributed by atoms with E-state index in [1.165, 1.54) is 37.4 Å². The third kappa shape index (κ3) is 5.35. The Bertz CT molecular complexity index is 1720. The van der Waals surface area contributed by atoms with E-state index in [0.29, 0.717) is 5.56 Å². The minimum Gasteiger partial charge on any atom is -0.508 e. The standard InChI is InChI=1S/C29H26O14/c1-40-28-23(36)20-15(31)6-12(9-18(20)42-27(28)11-2-4-14(30)5-3-11)26-25(38)24(37)22(35)19(43-26)10-41-29(39)13-7-16(32)21(34)17(33)8-13/h2-9,19,22,24-26,30-35,37-38H,10H2,1H3. The van der Waals surface area contributed by atoms with Gasteiger partial charge in [0.25, 0.3) is 0 Å². The first-order chi connectivity index (χ1) is 20.4. The number of carbonyl (C=O) groups excluding carboxylic acids is 1. The Balaban J connectivity index is 1.47. The van der Waals surface area contributed by atoms with E-state index in [0.717, 1.165) is 18.2 Å². The lowest BCUT2D eigenvalue weighted by Gasteiger charge is -2.40. The van der Waals surface area contributed by atoms with Crippen molar-refractivity contribution in [1.82, 2.24) is 0 Å². The van der Waals surface area contributed by atoms with Crippen LogP contribution in [0.3, 0.4) is 0 Å². The summed E-state index contributed by atoms with van der Waals surface area (Å²) in [6, 6.07) is 9.74. The fraction of sp³-hybridized carbons (Fsp3) is 0.241. The molecule has 5 rings (SSSR count). The maximum absolute atomic E-state index is 13.2. The number of esters is 1. The number of rotatable bonds is 6. The third-order valence-corrected chi connectivity index (χ3v) is 7.01. The molecule has 0 saturated carbocycles. The number of methoxy groups -OCH3 is 1. The van der Waals surface area contributed by atoms with E-state index in [-0.39, 0.29) is 39.4 Å². The molecule has 5 atom stereocenters. The molecule has 1 aromatic heterocycles. The summed E-state index contributed by atoms with van der Waals surface area (Å²) in [5.41, 5.74) is -0.811. The lowest BCUT2D eigenvalue weighted by Crippen LogP contribution is -2.55. The van der Waals surface area contributed by atoms with Crippen molar-refractivity contribution in [3.63, 3.8) is 0 Å². The molecule has 1 saturated heterocycles. The summed E-state index contributed by atoms with van der Waals surface area (Å²) < 4.78 is 22.0. The number of aliphatic hydroxyl groups excluding tert-OH is 3. The fourth-order valence-electron chi connectivity index (χ4n) is 4.78. The van der Waals surface area contributed by atoms with E-state index in [4.69, 9.17) is 18.6 Å². The van der Waals surface area contributed by atoms with Crippen LogP contribution in [0.25, 0.3) is 22.3 Å². The highest BCUT2D eigenvalue weighted by molar-refractivity contribution is 5.91. The predicted molar refractivity (Wildman–Crippen MR) is 145 cm³/mol. The van der Waals surface area contributed by atoms with Gasteiger partial charge in [-0.3, -0.25) is 4.79 Å². The van der Waals surface area contributed by atoms with Crippen LogP contribution in [0.2, 0.25) is 0 Å². The van der Waals surface area contributed by atoms with Gasteiger partial charge in [-0.05, 0) is 54.1 Å². The number of benzene rings is 3. The van der Waals surface area contributed by atoms with Gasteiger partial charge in [0.1, 0.15) is 59.6 Å². The van der Waals surface area contributed by atoms with E-state index >= 15 is 0 Å². The van der Waals surface area contributed by atoms with Gasteiger partial charge in [-0.2, -0.15) is 0 Å². The number of aliphatic hydroxyl groups is 3. The van der Waals surface area contributed by atoms with Gasteiger partial charge >= 0.3 is 5.97 Å². The number of hydrogen-bond donors (Lipinski definition) is 8. The topological polar surface area (TPSA) is 237 Å². The van der Waals surface area contributed by atoms with Crippen molar-refractivity contribution in [2.45, 2.75) is 30.5 Å². The van der Waals surface area contributed by atoms with Gasteiger partial charge in [0.2, 0.25) is 11.2 Å². The number of fused-ring (bicyclic) bond motifs is 1. The van der Waals surface area contributed by atoms with Crippen LogP contribution >= 0.6 is 0 Å². The molecule has 1 aliphatic rings. The minimum absolute atomic E-state index is 0.0202. The molecule has 2 heterocycles. The summed E-state index contributed by atoms with van der Waals surface area (Å²) >= 11 is 0. The molecule has 226 valence electrons. The van der Waals surface area contributed by atoms with Crippen LogP contribution < -0.4 is 10.2 Å². The largest absolute Gasteiger partial charge is 0.508 e. The molecule has 4 aromatic rings. The number of ether oxygens (including phenoxy) is 3. The predicted octanol–water partition coefficient (Wildman–Crippen LogP) is 1.38. The molecule has 1 aliphatic heterocycles. The first kappa shape index (κ1) is 29.5. The number of phenolic OH excluding ortho intramolecular Hbond substituents is 5. The van der Waals surface area contributed by atoms with Crippen molar-refractivity contribution in [2.24, 2.45) is 0 Å². The molecule has 0 aliphatic carbocycles. The SMILES string of the molecule is COc1c(-c2ccc(O)cc2)oc2cc(C3OC(COC(=O)c4cc(O)c(O)c(O)c4)C(O)C(O)C3O)cc(O)c2c1=O. The van der Waals surface area contributed by atoms with Gasteiger partial charge in [-0.1, -0.05) is 0 Å². The molecule has 14 heteroatoms. The minimum atomic E-state index is -1.81. The third-order valence-electron chi connectivity index (χ3n) is 7.01. The van der Waals surface area contributed by atoms with Gasteiger partial charge in [-0.25, -0.2) is 4.79 Å². The quantitative estimate of drug-likeness (QED) is 0.116. The van der Waals surface area contributed by atoms with Crippen LogP contribution in [0.1, 0.15) is 22.0 Å². The van der Waals surface area contributed by atoms with Crippen molar-refractivity contribution in [3.05, 3.63) is 69.9 Å². The molecule has 0 radical (unpaired) electrons. The van der Waals surface area contributed by atoms with E-state index in [9.17, 15) is 50.4 Å². The number of hydrogen-bond acceptors (Lipinski definition) is 14. The second-order valence-electron chi connectivity index (χ2n) is 9.78. The molecule has 1 fully saturated rings. The van der Waals surface area contributed by atoms with Crippen LogP contribution in [0.5, 0.6) is 34.5 Å². The van der Waals surface area contributed by atoms with E-state index in [1.54, 1.807) is 0 Å². The Morgan fingerprint density at radius 1 is 0.860 bits per heavy atom. The molecular formula is C29H26O14. The first-order valence-corrected chi connectivity index (χ1v) is 12.7. The van der Waals surface area contributed by atoms with E-state index in [1.807, 2.05) is 0 Å². The number of aromatic hydroxyl groups is 5. The number of phenols is 5. The van der Waals surface area contributed by atoms with Crippen molar-refractivity contribution in [3.8, 4) is 45.8 Å². The van der Waals surface area contributed by atoms with Gasteiger partial charge in [0.15, 0.2) is 23.0 Å². The lowest BCUT2D eigenvalue weighted by molar-refractivity contribution is -0.231. The van der Waals surface area contributed by atoms with E-state index < -0.39 is 71.5 Å². The van der Waals surface area contributed by atoms with Gasteiger partial charge in [0.05, 0.1) is 12.7 Å². The zero-order valence-corrected chi connectivity index (χ0v) is 22.2. The summed E-state index contributed by atoms with van der Waals surface area (Å²) in [7, 11) is 1.24. The van der Waals surface area contributed by atoms with Crippen LogP contribution in [0, 0.1) is 0 Å². The summed E-state index contributed by atoms with van der Waals surface area (Å²) in [4.78, 5) is 25.7. The summed E-state index contributed by atoms with van der Waals surface area (Å²) in [5.74, 6) is -4.33. The molecule has 0 bridgehead atoms. The molecular weight excluding hydrogens is 572 g/mol. The Labute approximate surface area is 241 Å². The average Bonchev–Trinajstić information content (AvgIpc) is 2.97. The summed E-state index contributed by atoms with van der Waals surface area (Å²) in [6.45, 7) is -0.667. The smallest absolute Gasteiger partial charge is 0.338 e. The molecule has 0 amide bonds. The van der Waals surface area contributed by atoms with Gasteiger partial charge < -0.3 is 59.5 Å². The monoisotopic (exact) mass is 598 g/mol. The maximum Gasteiger partial charge on any atom is 0.338 e. The molecule has 5 unspecified atom stereocenters. The van der Waals surface area contributed by atoms with Crippen molar-refractivity contribution >= 4 is 16.9 Å². The molecule has 3 aromatic carbocycles. The lowest BCUT2D eigenvalue weighted by atomic mass is 9.90. The maximum atomic E-state index is 13.2. The van der Waals surface area contributed by atoms with Crippen LogP contribution in [0.4, 0.5) is 0 Å². The highest BCUT2D eigenvalue weighted by Crippen LogP contribution is 2.40. The van der Waals surface area contributed by atoms with Gasteiger partial charge in [0, 0.05) is 5.56 Å². The Morgan fingerprint density at radius 2 is 1.51 bits per heavy atom. The number of carbonyl (C=O) groups is 1. The van der Waals surface area contributed by atoms with Crippen LogP contribution in [-0.4, -0.2) is 85.0 Å². The first-order valence-electron chi connectivity index (χ1n) is 12.7. The Kier molecular flexibility index (Phi) is 7.77. The Morgan fingerprint density at radius 3 is 2.14 bits per heavy atom. The molecule has 14 nitrogen and oxygen atoms in total. The molecule has 0 spiro atoms. The summed E-state index contributed by atoms with van der Waals surface area (Å²) in [6.07, 6.45) is -8.13. The van der Waals surface area contributed by atoms with Gasteiger partial charge in [-0.15, -0.1) is 0 Å². The molecule has 8 N–H and O–H groups in total. The van der Waals surface area contributed by atoms with Crippen molar-refractivity contribution in [1.29, 1.82) is 0 Å². The zero-order chi connectivity index (χ0) is 31.2. The summed E-state index contributed by atoms with van der Waals surface area (Å²) in [5, 5.41) is 80.7. The normalized spacial score (nSPS) is 21.9. The average molecular weight is 599 g/mol. The van der Waals surface area contributed by atoms with Crippen LogP contribution in [-0.2, 0) is 9.47 Å². The fourth-order valence-corrected chi connectivity index (χ4v) is 4.78.